The minimum absolute atomic E-state index is 0.0685. The standard InChI is InChI=1S/C18H20N2O7S/c21-10-8-20(9-11-22)28(26,27)16-3-1-2-14(12-16)17(23)19-15-6-4-13(5-7-15)18(24)25/h1-7,12,21-22H,8-11H2,(H,19,23)(H,24,25). The van der Waals surface area contributed by atoms with Crippen molar-refractivity contribution in [2.75, 3.05) is 31.6 Å². The molecule has 1 amide bonds. The summed E-state index contributed by atoms with van der Waals surface area (Å²) in [5.41, 5.74) is 0.501. The molecule has 2 rings (SSSR count). The van der Waals surface area contributed by atoms with Crippen LogP contribution in [0.5, 0.6) is 0 Å². The van der Waals surface area contributed by atoms with E-state index < -0.39 is 35.1 Å². The van der Waals surface area contributed by atoms with Crippen molar-refractivity contribution in [1.82, 2.24) is 4.31 Å². The number of carbonyl (C=O) groups excluding carboxylic acids is 1. The highest BCUT2D eigenvalue weighted by Crippen LogP contribution is 2.18. The van der Waals surface area contributed by atoms with Crippen LogP contribution < -0.4 is 5.32 Å². The number of sulfonamides is 1. The van der Waals surface area contributed by atoms with E-state index in [1.165, 1.54) is 48.5 Å². The normalized spacial score (nSPS) is 11.4. The molecule has 2 aromatic rings. The number of aromatic carboxylic acids is 1. The van der Waals surface area contributed by atoms with Crippen molar-refractivity contribution in [1.29, 1.82) is 0 Å². The van der Waals surface area contributed by atoms with Gasteiger partial charge < -0.3 is 20.6 Å². The second-order valence-electron chi connectivity index (χ2n) is 5.72. The Hall–Kier alpha value is -2.79. The fraction of sp³-hybridized carbons (Fsp3) is 0.222. The lowest BCUT2D eigenvalue weighted by atomic mass is 10.2. The summed E-state index contributed by atoms with van der Waals surface area (Å²) in [6.07, 6.45) is 0. The van der Waals surface area contributed by atoms with Gasteiger partial charge in [0, 0.05) is 24.3 Å². The van der Waals surface area contributed by atoms with Gasteiger partial charge in [0.1, 0.15) is 0 Å². The molecule has 0 aromatic heterocycles. The molecule has 0 fully saturated rings. The van der Waals surface area contributed by atoms with Crippen LogP contribution in [-0.2, 0) is 10.0 Å². The largest absolute Gasteiger partial charge is 0.478 e. The van der Waals surface area contributed by atoms with Crippen molar-refractivity contribution >= 4 is 27.6 Å². The molecule has 150 valence electrons. The highest BCUT2D eigenvalue weighted by Gasteiger charge is 2.24. The van der Waals surface area contributed by atoms with Crippen LogP contribution in [0.15, 0.2) is 53.4 Å². The van der Waals surface area contributed by atoms with Gasteiger partial charge in [-0.1, -0.05) is 6.07 Å². The van der Waals surface area contributed by atoms with E-state index in [1.807, 2.05) is 0 Å². The molecule has 0 aliphatic heterocycles. The number of benzene rings is 2. The summed E-state index contributed by atoms with van der Waals surface area (Å²) in [7, 11) is -4.00. The molecule has 0 spiro atoms. The Bertz CT molecular complexity index is 937. The molecule has 2 aromatic carbocycles. The number of amides is 1. The summed E-state index contributed by atoms with van der Waals surface area (Å²) in [5, 5.41) is 29.5. The minimum Gasteiger partial charge on any atom is -0.478 e. The molecule has 0 bridgehead atoms. The van der Waals surface area contributed by atoms with Gasteiger partial charge in [-0.2, -0.15) is 4.31 Å². The highest BCUT2D eigenvalue weighted by molar-refractivity contribution is 7.89. The first kappa shape index (κ1) is 21.5. The maximum atomic E-state index is 12.7. The number of anilines is 1. The van der Waals surface area contributed by atoms with Crippen molar-refractivity contribution in [3.05, 3.63) is 59.7 Å². The Morgan fingerprint density at radius 1 is 0.929 bits per heavy atom. The molecule has 0 saturated carbocycles. The molecule has 28 heavy (non-hydrogen) atoms. The number of hydrogen-bond acceptors (Lipinski definition) is 6. The van der Waals surface area contributed by atoms with E-state index in [9.17, 15) is 18.0 Å². The first-order chi connectivity index (χ1) is 13.3. The Balaban J connectivity index is 2.23. The minimum atomic E-state index is -4.00. The fourth-order valence-electron chi connectivity index (χ4n) is 2.42. The predicted molar refractivity (Wildman–Crippen MR) is 101 cm³/mol. The molecule has 9 nitrogen and oxygen atoms in total. The SMILES string of the molecule is O=C(O)c1ccc(NC(=O)c2cccc(S(=O)(=O)N(CCO)CCO)c2)cc1. The Morgan fingerprint density at radius 3 is 2.07 bits per heavy atom. The first-order valence-electron chi connectivity index (χ1n) is 8.26. The Kier molecular flexibility index (Phi) is 7.24. The van der Waals surface area contributed by atoms with Crippen molar-refractivity contribution in [2.45, 2.75) is 4.90 Å². The lowest BCUT2D eigenvalue weighted by molar-refractivity contribution is 0.0696. The lowest BCUT2D eigenvalue weighted by Gasteiger charge is -2.20. The number of carboxylic acids is 1. The smallest absolute Gasteiger partial charge is 0.335 e. The number of aliphatic hydroxyl groups is 2. The molecule has 0 heterocycles. The van der Waals surface area contributed by atoms with E-state index in [0.717, 1.165) is 4.31 Å². The van der Waals surface area contributed by atoms with Crippen LogP contribution in [0, 0.1) is 0 Å². The maximum absolute atomic E-state index is 12.7. The van der Waals surface area contributed by atoms with Gasteiger partial charge in [0.2, 0.25) is 10.0 Å². The molecule has 0 aliphatic rings. The predicted octanol–water partition coefficient (Wildman–Crippen LogP) is 0.612. The number of aliphatic hydroxyl groups excluding tert-OH is 2. The van der Waals surface area contributed by atoms with E-state index in [1.54, 1.807) is 0 Å². The zero-order valence-corrected chi connectivity index (χ0v) is 15.6. The zero-order chi connectivity index (χ0) is 20.7. The van der Waals surface area contributed by atoms with Gasteiger partial charge >= 0.3 is 5.97 Å². The van der Waals surface area contributed by atoms with Crippen LogP contribution in [-0.4, -0.2) is 66.2 Å². The summed E-state index contributed by atoms with van der Waals surface area (Å²) in [6.45, 7) is -1.19. The maximum Gasteiger partial charge on any atom is 0.335 e. The van der Waals surface area contributed by atoms with Gasteiger partial charge in [0.25, 0.3) is 5.91 Å². The summed E-state index contributed by atoms with van der Waals surface area (Å²) in [5.74, 6) is -1.66. The van der Waals surface area contributed by atoms with E-state index in [-0.39, 0.29) is 29.1 Å². The monoisotopic (exact) mass is 408 g/mol. The van der Waals surface area contributed by atoms with Crippen molar-refractivity contribution in [3.63, 3.8) is 0 Å². The van der Waals surface area contributed by atoms with Gasteiger partial charge in [-0.25, -0.2) is 13.2 Å². The van der Waals surface area contributed by atoms with Crippen LogP contribution in [0.2, 0.25) is 0 Å². The lowest BCUT2D eigenvalue weighted by Crippen LogP contribution is -2.36. The van der Waals surface area contributed by atoms with E-state index >= 15 is 0 Å². The molecular formula is C18H20N2O7S. The van der Waals surface area contributed by atoms with Crippen LogP contribution in [0.3, 0.4) is 0 Å². The highest BCUT2D eigenvalue weighted by atomic mass is 32.2. The van der Waals surface area contributed by atoms with Gasteiger partial charge in [0.05, 0.1) is 23.7 Å². The average molecular weight is 408 g/mol. The van der Waals surface area contributed by atoms with Crippen LogP contribution >= 0.6 is 0 Å². The summed E-state index contributed by atoms with van der Waals surface area (Å²) < 4.78 is 26.3. The first-order valence-corrected chi connectivity index (χ1v) is 9.70. The second-order valence-corrected chi connectivity index (χ2v) is 7.65. The third-order valence-electron chi connectivity index (χ3n) is 3.82. The second kappa shape index (κ2) is 9.42. The van der Waals surface area contributed by atoms with Crippen molar-refractivity contribution in [3.8, 4) is 0 Å². The molecule has 0 saturated heterocycles. The van der Waals surface area contributed by atoms with Gasteiger partial charge in [0.15, 0.2) is 0 Å². The van der Waals surface area contributed by atoms with Gasteiger partial charge in [-0.15, -0.1) is 0 Å². The molecule has 4 N–H and O–H groups in total. The number of nitrogens with zero attached hydrogens (tertiary/aromatic N) is 1. The van der Waals surface area contributed by atoms with Gasteiger partial charge in [-0.05, 0) is 42.5 Å². The number of carboxylic acid groups (broad SMARTS) is 1. The molecule has 10 heteroatoms. The third-order valence-corrected chi connectivity index (χ3v) is 5.72. The third kappa shape index (κ3) is 5.14. The summed E-state index contributed by atoms with van der Waals surface area (Å²) >= 11 is 0. The fourth-order valence-corrected chi connectivity index (χ4v) is 3.89. The average Bonchev–Trinajstić information content (AvgIpc) is 2.68. The van der Waals surface area contributed by atoms with Crippen LogP contribution in [0.25, 0.3) is 0 Å². The number of carbonyl (C=O) groups is 2. The molecule has 0 atom stereocenters. The van der Waals surface area contributed by atoms with Crippen LogP contribution in [0.1, 0.15) is 20.7 Å². The van der Waals surface area contributed by atoms with Crippen molar-refractivity contribution in [2.24, 2.45) is 0 Å². The zero-order valence-electron chi connectivity index (χ0n) is 14.8. The topological polar surface area (TPSA) is 144 Å². The Labute approximate surface area is 161 Å². The van der Waals surface area contributed by atoms with Crippen molar-refractivity contribution < 1.29 is 33.3 Å². The quantitative estimate of drug-likeness (QED) is 0.476. The summed E-state index contributed by atoms with van der Waals surface area (Å²) in [4.78, 5) is 23.1. The van der Waals surface area contributed by atoms with E-state index in [0.29, 0.717) is 5.69 Å². The number of nitrogens with one attached hydrogen (secondary N) is 1. The van der Waals surface area contributed by atoms with Crippen LogP contribution in [0.4, 0.5) is 5.69 Å². The molecule has 0 aliphatic carbocycles. The van der Waals surface area contributed by atoms with E-state index in [2.05, 4.69) is 5.32 Å². The molecule has 0 unspecified atom stereocenters. The molecular weight excluding hydrogens is 388 g/mol. The summed E-state index contributed by atoms with van der Waals surface area (Å²) in [6, 6.07) is 10.9. The Morgan fingerprint density at radius 2 is 1.54 bits per heavy atom. The number of rotatable bonds is 9. The van der Waals surface area contributed by atoms with E-state index in [4.69, 9.17) is 15.3 Å². The number of hydrogen-bond donors (Lipinski definition) is 4. The molecule has 0 radical (unpaired) electrons. The van der Waals surface area contributed by atoms with Gasteiger partial charge in [-0.3, -0.25) is 4.79 Å².